The van der Waals surface area contributed by atoms with Crippen molar-refractivity contribution in [2.75, 3.05) is 11.5 Å². The maximum Gasteiger partial charge on any atom is 0.279 e. The van der Waals surface area contributed by atoms with Crippen molar-refractivity contribution >= 4 is 34.0 Å². The molecule has 3 aromatic carbocycles. The Balaban J connectivity index is 1.51. The zero-order valence-electron chi connectivity index (χ0n) is 20.2. The first kappa shape index (κ1) is 24.9. The van der Waals surface area contributed by atoms with Crippen molar-refractivity contribution in [3.8, 4) is 5.69 Å². The van der Waals surface area contributed by atoms with Gasteiger partial charge in [-0.15, -0.1) is 0 Å². The van der Waals surface area contributed by atoms with Crippen LogP contribution in [0.5, 0.6) is 0 Å². The molecule has 0 aliphatic carbocycles. The van der Waals surface area contributed by atoms with E-state index in [0.717, 1.165) is 10.9 Å². The molecular formula is C29H26ClN3O4. The number of rotatable bonds is 7. The van der Waals surface area contributed by atoms with Gasteiger partial charge in [-0.3, -0.25) is 9.59 Å². The summed E-state index contributed by atoms with van der Waals surface area (Å²) in [7, 11) is 0. The first-order valence-corrected chi connectivity index (χ1v) is 12.4. The van der Waals surface area contributed by atoms with Gasteiger partial charge in [0.15, 0.2) is 5.60 Å². The minimum absolute atomic E-state index is 0.0182. The fourth-order valence-electron chi connectivity index (χ4n) is 4.83. The van der Waals surface area contributed by atoms with E-state index < -0.39 is 17.4 Å². The first-order chi connectivity index (χ1) is 17.8. The summed E-state index contributed by atoms with van der Waals surface area (Å²) in [6, 6.07) is 19.6. The lowest BCUT2D eigenvalue weighted by Crippen LogP contribution is -2.44. The van der Waals surface area contributed by atoms with E-state index in [0.29, 0.717) is 33.8 Å². The van der Waals surface area contributed by atoms with Crippen molar-refractivity contribution in [1.82, 2.24) is 9.78 Å². The molecule has 1 amide bonds. The van der Waals surface area contributed by atoms with Crippen molar-refractivity contribution in [2.24, 2.45) is 5.92 Å². The first-order valence-electron chi connectivity index (χ1n) is 12.0. The average molecular weight is 516 g/mol. The number of amides is 1. The molecule has 37 heavy (non-hydrogen) atoms. The topological polar surface area (TPSA) is 95.7 Å². The van der Waals surface area contributed by atoms with E-state index in [9.17, 15) is 14.7 Å². The van der Waals surface area contributed by atoms with Crippen LogP contribution in [0.4, 0.5) is 5.69 Å². The number of fused-ring (bicyclic) bond motifs is 2. The predicted molar refractivity (Wildman–Crippen MR) is 144 cm³/mol. The lowest BCUT2D eigenvalue weighted by Gasteiger charge is -2.27. The molecule has 188 valence electrons. The molecule has 1 aliphatic heterocycles. The molecule has 0 saturated carbocycles. The summed E-state index contributed by atoms with van der Waals surface area (Å²) in [5.41, 5.74) is 0.319. The number of aliphatic hydroxyl groups is 2. The third kappa shape index (κ3) is 4.35. The largest absolute Gasteiger partial charge is 0.396 e. The van der Waals surface area contributed by atoms with Gasteiger partial charge in [0.05, 0.1) is 29.5 Å². The number of nitrogens with zero attached hydrogens (tertiary/aromatic N) is 3. The van der Waals surface area contributed by atoms with Crippen LogP contribution in [0.3, 0.4) is 0 Å². The monoisotopic (exact) mass is 515 g/mol. The Morgan fingerprint density at radius 1 is 1.08 bits per heavy atom. The van der Waals surface area contributed by atoms with Crippen LogP contribution in [0.25, 0.3) is 16.5 Å². The van der Waals surface area contributed by atoms with Crippen LogP contribution in [-0.4, -0.2) is 32.5 Å². The van der Waals surface area contributed by atoms with Crippen molar-refractivity contribution in [3.63, 3.8) is 0 Å². The second-order valence-corrected chi connectivity index (χ2v) is 9.60. The highest BCUT2D eigenvalue weighted by molar-refractivity contribution is 6.31. The smallest absolute Gasteiger partial charge is 0.279 e. The normalized spacial score (nSPS) is 18.1. The molecule has 0 spiro atoms. The standard InChI is InChI=1S/C29H26ClN3O4/c1-19(7-4-5-14-34)29(37)25-16-22(30)12-13-26(25)32(28(29)36)18-20-8-6-10-23(15-20)33-27(35)24-11-3-2-9-21(24)17-31-33/h2-4,6-13,15-17,19,34,37H,5,14,18H2,1H3/b7-4+/t19-,29+/m1/s1. The molecule has 5 rings (SSSR count). The highest BCUT2D eigenvalue weighted by atomic mass is 35.5. The highest BCUT2D eigenvalue weighted by Gasteiger charge is 2.52. The van der Waals surface area contributed by atoms with Gasteiger partial charge in [-0.05, 0) is 48.4 Å². The second kappa shape index (κ2) is 9.94. The van der Waals surface area contributed by atoms with Gasteiger partial charge < -0.3 is 15.1 Å². The number of aliphatic hydroxyl groups excluding tert-OH is 1. The number of aromatic nitrogens is 2. The molecule has 0 saturated heterocycles. The second-order valence-electron chi connectivity index (χ2n) is 9.17. The van der Waals surface area contributed by atoms with E-state index in [1.54, 1.807) is 55.6 Å². The summed E-state index contributed by atoms with van der Waals surface area (Å²) in [5, 5.41) is 26.9. The minimum atomic E-state index is -1.80. The van der Waals surface area contributed by atoms with Crippen LogP contribution in [0, 0.1) is 5.92 Å². The summed E-state index contributed by atoms with van der Waals surface area (Å²) in [5.74, 6) is -1.02. The van der Waals surface area contributed by atoms with E-state index in [1.807, 2.05) is 36.4 Å². The van der Waals surface area contributed by atoms with E-state index in [2.05, 4.69) is 5.10 Å². The minimum Gasteiger partial charge on any atom is -0.396 e. The Kier molecular flexibility index (Phi) is 6.69. The van der Waals surface area contributed by atoms with Crippen molar-refractivity contribution in [3.05, 3.63) is 112 Å². The van der Waals surface area contributed by atoms with Crippen LogP contribution in [0.2, 0.25) is 5.02 Å². The zero-order chi connectivity index (χ0) is 26.2. The summed E-state index contributed by atoms with van der Waals surface area (Å²) < 4.78 is 1.34. The Labute approximate surface area is 218 Å². The van der Waals surface area contributed by atoms with Crippen LogP contribution in [0.15, 0.2) is 89.9 Å². The number of carbonyl (C=O) groups excluding carboxylic acids is 1. The van der Waals surface area contributed by atoms with Crippen molar-refractivity contribution < 1.29 is 15.0 Å². The van der Waals surface area contributed by atoms with Gasteiger partial charge in [-0.2, -0.15) is 9.78 Å². The predicted octanol–water partition coefficient (Wildman–Crippen LogP) is 4.35. The molecule has 0 unspecified atom stereocenters. The third-order valence-electron chi connectivity index (χ3n) is 6.80. The Bertz CT molecular complexity index is 1580. The van der Waals surface area contributed by atoms with E-state index in [1.165, 1.54) is 9.58 Å². The Morgan fingerprint density at radius 3 is 2.70 bits per heavy atom. The van der Waals surface area contributed by atoms with Gasteiger partial charge in [0.2, 0.25) is 0 Å². The summed E-state index contributed by atoms with van der Waals surface area (Å²) in [4.78, 5) is 28.3. The van der Waals surface area contributed by atoms with Crippen LogP contribution < -0.4 is 10.5 Å². The van der Waals surface area contributed by atoms with Gasteiger partial charge in [0, 0.05) is 28.5 Å². The van der Waals surface area contributed by atoms with Gasteiger partial charge in [-0.1, -0.05) is 61.0 Å². The summed E-state index contributed by atoms with van der Waals surface area (Å²) in [6.07, 6.45) is 5.57. The molecule has 0 bridgehead atoms. The molecular weight excluding hydrogens is 490 g/mol. The fraction of sp³-hybridized carbons (Fsp3) is 0.207. The van der Waals surface area contributed by atoms with Gasteiger partial charge in [-0.25, -0.2) is 0 Å². The van der Waals surface area contributed by atoms with Gasteiger partial charge >= 0.3 is 0 Å². The average Bonchev–Trinajstić information content (AvgIpc) is 3.11. The van der Waals surface area contributed by atoms with Crippen LogP contribution in [0.1, 0.15) is 24.5 Å². The maximum atomic E-state index is 13.7. The molecule has 1 aromatic heterocycles. The molecule has 0 radical (unpaired) electrons. The van der Waals surface area contributed by atoms with Crippen LogP contribution >= 0.6 is 11.6 Å². The van der Waals surface area contributed by atoms with Crippen molar-refractivity contribution in [1.29, 1.82) is 0 Å². The molecule has 2 heterocycles. The number of carbonyl (C=O) groups is 1. The highest BCUT2D eigenvalue weighted by Crippen LogP contribution is 2.46. The quantitative estimate of drug-likeness (QED) is 0.357. The number of anilines is 1. The molecule has 7 nitrogen and oxygen atoms in total. The SMILES string of the molecule is C[C@H](/C=C/CCO)[C@@]1(O)C(=O)N(Cc2cccc(-n3ncc4ccccc4c3=O)c2)c2ccc(Cl)cc21. The number of hydrogen-bond donors (Lipinski definition) is 2. The third-order valence-corrected chi connectivity index (χ3v) is 7.04. The number of benzene rings is 3. The summed E-state index contributed by atoms with van der Waals surface area (Å²) in [6.45, 7) is 1.92. The molecule has 8 heteroatoms. The molecule has 4 aromatic rings. The maximum absolute atomic E-state index is 13.7. The van der Waals surface area contributed by atoms with Gasteiger partial charge in [0.25, 0.3) is 11.5 Å². The number of halogens is 1. The molecule has 0 fully saturated rings. The van der Waals surface area contributed by atoms with Gasteiger partial charge in [0.1, 0.15) is 0 Å². The van der Waals surface area contributed by atoms with E-state index in [4.69, 9.17) is 16.7 Å². The Morgan fingerprint density at radius 2 is 1.89 bits per heavy atom. The molecule has 1 aliphatic rings. The lowest BCUT2D eigenvalue weighted by atomic mass is 9.83. The summed E-state index contributed by atoms with van der Waals surface area (Å²) >= 11 is 6.25. The number of hydrogen-bond acceptors (Lipinski definition) is 5. The van der Waals surface area contributed by atoms with Crippen molar-refractivity contribution in [2.45, 2.75) is 25.5 Å². The Hall–Kier alpha value is -3.78. The molecule has 2 N–H and O–H groups in total. The van der Waals surface area contributed by atoms with E-state index >= 15 is 0 Å². The van der Waals surface area contributed by atoms with Crippen LogP contribution in [-0.2, 0) is 16.9 Å². The molecule has 2 atom stereocenters. The fourth-order valence-corrected chi connectivity index (χ4v) is 5.01. The van der Waals surface area contributed by atoms with E-state index in [-0.39, 0.29) is 18.7 Å². The zero-order valence-corrected chi connectivity index (χ0v) is 21.0. The lowest BCUT2D eigenvalue weighted by molar-refractivity contribution is -0.139.